The Bertz CT molecular complexity index is 974. The Hall–Kier alpha value is -2.91. The lowest BCUT2D eigenvalue weighted by atomic mass is 9.92. The van der Waals surface area contributed by atoms with Crippen molar-refractivity contribution in [1.82, 2.24) is 10.2 Å². The van der Waals surface area contributed by atoms with Gasteiger partial charge in [0.25, 0.3) is 5.91 Å². The molecule has 2 heterocycles. The number of anilines is 1. The van der Waals surface area contributed by atoms with Gasteiger partial charge in [-0.3, -0.25) is 14.5 Å². The molecule has 29 heavy (non-hydrogen) atoms. The standard InChI is InChI=1S/C19H18ClN3O5S/c1-3-28-16(25)13-8-9-29-15(13)21-14(24)10-23-17(26)19(2,22-18(23)27)11-4-6-12(20)7-5-11/h4-9H,3,10H2,1-2H3,(H,21,24)(H,22,27)/t19-/m1/s1. The maximum atomic E-state index is 12.9. The molecule has 2 N–H and O–H groups in total. The summed E-state index contributed by atoms with van der Waals surface area (Å²) < 4.78 is 4.94. The number of carbonyl (C=O) groups excluding carboxylic acids is 4. The van der Waals surface area contributed by atoms with Crippen LogP contribution in [0, 0.1) is 0 Å². The lowest BCUT2D eigenvalue weighted by Crippen LogP contribution is -2.42. The molecule has 10 heteroatoms. The molecule has 152 valence electrons. The minimum atomic E-state index is -1.30. The third-order valence-corrected chi connectivity index (χ3v) is 5.49. The van der Waals surface area contributed by atoms with E-state index in [-0.39, 0.29) is 12.2 Å². The number of amides is 4. The summed E-state index contributed by atoms with van der Waals surface area (Å²) in [7, 11) is 0. The number of hydrogen-bond acceptors (Lipinski definition) is 6. The van der Waals surface area contributed by atoms with Gasteiger partial charge in [0.05, 0.1) is 12.2 Å². The van der Waals surface area contributed by atoms with Crippen molar-refractivity contribution < 1.29 is 23.9 Å². The van der Waals surface area contributed by atoms with Crippen molar-refractivity contribution >= 4 is 51.8 Å². The summed E-state index contributed by atoms with van der Waals surface area (Å²) in [6, 6.07) is 7.36. The summed E-state index contributed by atoms with van der Waals surface area (Å²) in [6.07, 6.45) is 0. The highest BCUT2D eigenvalue weighted by molar-refractivity contribution is 7.14. The second kappa shape index (κ2) is 8.22. The van der Waals surface area contributed by atoms with Gasteiger partial charge in [-0.25, -0.2) is 9.59 Å². The predicted octanol–water partition coefficient (Wildman–Crippen LogP) is 2.98. The van der Waals surface area contributed by atoms with Gasteiger partial charge in [-0.2, -0.15) is 0 Å². The SMILES string of the molecule is CCOC(=O)c1ccsc1NC(=O)CN1C(=O)N[C@](C)(c2ccc(Cl)cc2)C1=O. The number of benzene rings is 1. The molecule has 1 saturated heterocycles. The number of imide groups is 1. The maximum Gasteiger partial charge on any atom is 0.341 e. The first-order chi connectivity index (χ1) is 13.8. The molecular weight excluding hydrogens is 418 g/mol. The van der Waals surface area contributed by atoms with Gasteiger partial charge in [0, 0.05) is 5.02 Å². The van der Waals surface area contributed by atoms with Gasteiger partial charge < -0.3 is 15.4 Å². The summed E-state index contributed by atoms with van der Waals surface area (Å²) in [5.41, 5.74) is -0.541. The second-order valence-electron chi connectivity index (χ2n) is 6.39. The topological polar surface area (TPSA) is 105 Å². The zero-order valence-electron chi connectivity index (χ0n) is 15.7. The van der Waals surface area contributed by atoms with Gasteiger partial charge in [0.15, 0.2) is 0 Å². The van der Waals surface area contributed by atoms with Crippen molar-refractivity contribution in [3.05, 3.63) is 51.9 Å². The van der Waals surface area contributed by atoms with Crippen LogP contribution < -0.4 is 10.6 Å². The van der Waals surface area contributed by atoms with Gasteiger partial charge in [-0.15, -0.1) is 11.3 Å². The Kier molecular flexibility index (Phi) is 5.90. The number of carbonyl (C=O) groups is 4. The highest BCUT2D eigenvalue weighted by Gasteiger charge is 2.49. The van der Waals surface area contributed by atoms with Crippen molar-refractivity contribution in [2.24, 2.45) is 0 Å². The molecule has 1 aliphatic rings. The fraction of sp³-hybridized carbons (Fsp3) is 0.263. The summed E-state index contributed by atoms with van der Waals surface area (Å²) in [4.78, 5) is 50.4. The molecule has 0 saturated carbocycles. The Morgan fingerprint density at radius 1 is 1.24 bits per heavy atom. The van der Waals surface area contributed by atoms with E-state index in [9.17, 15) is 19.2 Å². The zero-order valence-corrected chi connectivity index (χ0v) is 17.2. The van der Waals surface area contributed by atoms with Crippen molar-refractivity contribution in [2.75, 3.05) is 18.5 Å². The zero-order chi connectivity index (χ0) is 21.2. The molecule has 0 spiro atoms. The van der Waals surface area contributed by atoms with Crippen molar-refractivity contribution in [3.8, 4) is 0 Å². The van der Waals surface area contributed by atoms with Crippen molar-refractivity contribution in [2.45, 2.75) is 19.4 Å². The predicted molar refractivity (Wildman–Crippen MR) is 108 cm³/mol. The largest absolute Gasteiger partial charge is 0.462 e. The molecule has 0 bridgehead atoms. The molecule has 3 rings (SSSR count). The number of hydrogen-bond donors (Lipinski definition) is 2. The lowest BCUT2D eigenvalue weighted by molar-refractivity contribution is -0.133. The molecule has 8 nitrogen and oxygen atoms in total. The highest BCUT2D eigenvalue weighted by atomic mass is 35.5. The lowest BCUT2D eigenvalue weighted by Gasteiger charge is -2.22. The number of nitrogens with zero attached hydrogens (tertiary/aromatic N) is 1. The summed E-state index contributed by atoms with van der Waals surface area (Å²) in [5, 5.41) is 7.60. The molecule has 4 amide bonds. The average molecular weight is 436 g/mol. The van der Waals surface area contributed by atoms with E-state index in [0.717, 1.165) is 16.2 Å². The van der Waals surface area contributed by atoms with Gasteiger partial charge in [0.1, 0.15) is 17.1 Å². The van der Waals surface area contributed by atoms with E-state index in [1.54, 1.807) is 43.5 Å². The third-order valence-electron chi connectivity index (χ3n) is 4.41. The molecule has 1 aromatic heterocycles. The molecule has 0 unspecified atom stereocenters. The first-order valence-electron chi connectivity index (χ1n) is 8.71. The Balaban J connectivity index is 1.72. The van der Waals surface area contributed by atoms with Gasteiger partial charge in [-0.05, 0) is 43.0 Å². The average Bonchev–Trinajstić information content (AvgIpc) is 3.21. The van der Waals surface area contributed by atoms with E-state index in [0.29, 0.717) is 15.6 Å². The maximum absolute atomic E-state index is 12.9. The Morgan fingerprint density at radius 3 is 2.59 bits per heavy atom. The normalized spacial score (nSPS) is 18.5. The summed E-state index contributed by atoms with van der Waals surface area (Å²) in [6.45, 7) is 2.95. The van der Waals surface area contributed by atoms with Crippen molar-refractivity contribution in [3.63, 3.8) is 0 Å². The fourth-order valence-corrected chi connectivity index (χ4v) is 3.82. The van der Waals surface area contributed by atoms with Crippen LogP contribution >= 0.6 is 22.9 Å². The molecule has 1 fully saturated rings. The van der Waals surface area contributed by atoms with E-state index in [1.165, 1.54) is 6.07 Å². The number of urea groups is 1. The third kappa shape index (κ3) is 4.10. The van der Waals surface area contributed by atoms with Crippen LogP contribution in [0.25, 0.3) is 0 Å². The minimum Gasteiger partial charge on any atom is -0.462 e. The number of thiophene rings is 1. The quantitative estimate of drug-likeness (QED) is 0.536. The first-order valence-corrected chi connectivity index (χ1v) is 9.96. The van der Waals surface area contributed by atoms with E-state index >= 15 is 0 Å². The minimum absolute atomic E-state index is 0.202. The van der Waals surface area contributed by atoms with Crippen LogP contribution in [-0.2, 0) is 19.9 Å². The molecule has 1 aromatic carbocycles. The van der Waals surface area contributed by atoms with Crippen molar-refractivity contribution in [1.29, 1.82) is 0 Å². The molecule has 2 aromatic rings. The first kappa shape index (κ1) is 20.8. The van der Waals surface area contributed by atoms with E-state index in [1.807, 2.05) is 0 Å². The molecular formula is C19H18ClN3O5S. The summed E-state index contributed by atoms with van der Waals surface area (Å²) in [5.74, 6) is -1.73. The monoisotopic (exact) mass is 435 g/mol. The van der Waals surface area contributed by atoms with Gasteiger partial charge in [-0.1, -0.05) is 23.7 Å². The molecule has 1 atom stereocenters. The van der Waals surface area contributed by atoms with Crippen LogP contribution in [-0.4, -0.2) is 41.9 Å². The smallest absolute Gasteiger partial charge is 0.341 e. The molecule has 1 aliphatic heterocycles. The molecule has 0 aliphatic carbocycles. The van der Waals surface area contributed by atoms with Crippen LogP contribution in [0.15, 0.2) is 35.7 Å². The summed E-state index contributed by atoms with van der Waals surface area (Å²) >= 11 is 7.02. The number of rotatable bonds is 6. The Morgan fingerprint density at radius 2 is 1.93 bits per heavy atom. The van der Waals surface area contributed by atoms with E-state index < -0.39 is 35.9 Å². The van der Waals surface area contributed by atoms with Crippen LogP contribution in [0.3, 0.4) is 0 Å². The molecule has 0 radical (unpaired) electrons. The van der Waals surface area contributed by atoms with Gasteiger partial charge >= 0.3 is 12.0 Å². The fourth-order valence-electron chi connectivity index (χ4n) is 2.90. The number of nitrogens with one attached hydrogen (secondary N) is 2. The van der Waals surface area contributed by atoms with Crippen LogP contribution in [0.2, 0.25) is 5.02 Å². The number of halogens is 1. The number of ether oxygens (including phenoxy) is 1. The van der Waals surface area contributed by atoms with Crippen LogP contribution in [0.5, 0.6) is 0 Å². The highest BCUT2D eigenvalue weighted by Crippen LogP contribution is 2.30. The second-order valence-corrected chi connectivity index (χ2v) is 7.74. The van der Waals surface area contributed by atoms with E-state index in [2.05, 4.69) is 10.6 Å². The van der Waals surface area contributed by atoms with Crippen LogP contribution in [0.1, 0.15) is 29.8 Å². The Labute approximate surface area is 175 Å². The number of esters is 1. The van der Waals surface area contributed by atoms with Crippen LogP contribution in [0.4, 0.5) is 9.80 Å². The van der Waals surface area contributed by atoms with Gasteiger partial charge in [0.2, 0.25) is 5.91 Å². The van der Waals surface area contributed by atoms with E-state index in [4.69, 9.17) is 16.3 Å².